The van der Waals surface area contributed by atoms with E-state index in [2.05, 4.69) is 55.6 Å². The SMILES string of the molecule is CC(=O)N1CCO[C@H](COc2ccc(S(=O)(=O)NC(=O)c3ccc(N4CCN(CC5=C(c6ccc(Cl)cc6)CC(C)(C)CC5)CC4)cc3-n3[nH]cc4nc5nccc5cc43)cc2[N+](=O)[O-])C1. The maximum absolute atomic E-state index is 14.2. The molecule has 0 unspecified atom stereocenters. The maximum atomic E-state index is 14.2. The second-order valence-electron chi connectivity index (χ2n) is 17.8. The highest BCUT2D eigenvalue weighted by Crippen LogP contribution is 2.43. The van der Waals surface area contributed by atoms with Crippen molar-refractivity contribution in [3.05, 3.63) is 117 Å². The molecule has 0 radical (unpaired) electrons. The molecule has 6 aromatic rings. The summed E-state index contributed by atoms with van der Waals surface area (Å²) in [5.74, 6) is -1.27. The van der Waals surface area contributed by atoms with Crippen LogP contribution in [0.5, 0.6) is 5.75 Å². The normalized spacial score (nSPS) is 18.2. The number of nitro benzene ring substituents is 1. The Balaban J connectivity index is 0.964. The van der Waals surface area contributed by atoms with Gasteiger partial charge in [-0.1, -0.05) is 43.2 Å². The molecular formula is C47H50ClN9O8S. The van der Waals surface area contributed by atoms with Gasteiger partial charge in [0, 0.05) is 80.7 Å². The molecule has 1 aliphatic carbocycles. The second-order valence-corrected chi connectivity index (χ2v) is 20.0. The number of nitrogens with zero attached hydrogens (tertiary/aromatic N) is 7. The number of nitro groups is 1. The zero-order valence-electron chi connectivity index (χ0n) is 36.8. The number of hydrogen-bond acceptors (Lipinski definition) is 12. The summed E-state index contributed by atoms with van der Waals surface area (Å²) in [6, 6.07) is 20.3. The summed E-state index contributed by atoms with van der Waals surface area (Å²) in [4.78, 5) is 52.3. The molecule has 2 amide bonds. The number of morpholine rings is 1. The molecule has 19 heteroatoms. The molecular weight excluding hydrogens is 886 g/mol. The molecule has 5 heterocycles. The quantitative estimate of drug-likeness (QED) is 0.0944. The van der Waals surface area contributed by atoms with Gasteiger partial charge in [0.1, 0.15) is 18.2 Å². The zero-order chi connectivity index (χ0) is 46.3. The monoisotopic (exact) mass is 935 g/mol. The van der Waals surface area contributed by atoms with Gasteiger partial charge in [0.2, 0.25) is 5.91 Å². The number of aromatic nitrogens is 4. The average molecular weight is 936 g/mol. The Morgan fingerprint density at radius 2 is 1.82 bits per heavy atom. The first-order chi connectivity index (χ1) is 31.6. The topological polar surface area (TPSA) is 198 Å². The van der Waals surface area contributed by atoms with Crippen LogP contribution in [0.2, 0.25) is 5.02 Å². The van der Waals surface area contributed by atoms with Crippen LogP contribution in [-0.2, 0) is 19.6 Å². The first-order valence-electron chi connectivity index (χ1n) is 21.9. The smallest absolute Gasteiger partial charge is 0.312 e. The van der Waals surface area contributed by atoms with Crippen LogP contribution in [-0.4, -0.2) is 120 Å². The lowest BCUT2D eigenvalue weighted by Crippen LogP contribution is -2.47. The van der Waals surface area contributed by atoms with Gasteiger partial charge in [-0.25, -0.2) is 23.1 Å². The van der Waals surface area contributed by atoms with Gasteiger partial charge in [-0.2, -0.15) is 0 Å². The first kappa shape index (κ1) is 44.8. The van der Waals surface area contributed by atoms with E-state index in [4.69, 9.17) is 21.1 Å². The molecule has 0 bridgehead atoms. The highest BCUT2D eigenvalue weighted by Gasteiger charge is 2.31. The number of aromatic amines is 1. The number of piperazine rings is 1. The molecule has 2 fully saturated rings. The summed E-state index contributed by atoms with van der Waals surface area (Å²) in [6.07, 6.45) is 5.97. The molecule has 17 nitrogen and oxygen atoms in total. The Bertz CT molecular complexity index is 3000. The van der Waals surface area contributed by atoms with Gasteiger partial charge in [-0.15, -0.1) is 0 Å². The number of hydrogen-bond donors (Lipinski definition) is 2. The van der Waals surface area contributed by atoms with E-state index in [0.29, 0.717) is 28.9 Å². The van der Waals surface area contributed by atoms with Gasteiger partial charge in [0.25, 0.3) is 15.9 Å². The van der Waals surface area contributed by atoms with Crippen LogP contribution < -0.4 is 14.4 Å². The molecule has 0 saturated carbocycles. The van der Waals surface area contributed by atoms with Crippen molar-refractivity contribution < 1.29 is 32.4 Å². The van der Waals surface area contributed by atoms with Crippen molar-refractivity contribution in [1.29, 1.82) is 0 Å². The summed E-state index contributed by atoms with van der Waals surface area (Å²) in [5.41, 5.74) is 6.68. The third kappa shape index (κ3) is 9.49. The van der Waals surface area contributed by atoms with Gasteiger partial charge >= 0.3 is 5.69 Å². The zero-order valence-corrected chi connectivity index (χ0v) is 38.4. The van der Waals surface area contributed by atoms with Gasteiger partial charge in [0.05, 0.1) is 39.7 Å². The number of H-pyrrole nitrogens is 1. The van der Waals surface area contributed by atoms with Crippen LogP contribution in [0.4, 0.5) is 11.4 Å². The lowest BCUT2D eigenvalue weighted by molar-refractivity contribution is -0.386. The molecule has 1 atom stereocenters. The summed E-state index contributed by atoms with van der Waals surface area (Å²) < 4.78 is 42.9. The number of amides is 2. The van der Waals surface area contributed by atoms with E-state index in [9.17, 15) is 28.1 Å². The second kappa shape index (κ2) is 18.1. The highest BCUT2D eigenvalue weighted by molar-refractivity contribution is 7.90. The number of nitrogens with one attached hydrogen (secondary N) is 2. The molecule has 3 aromatic heterocycles. The number of ether oxygens (including phenoxy) is 2. The number of fused-ring (bicyclic) bond motifs is 2. The van der Waals surface area contributed by atoms with Crippen molar-refractivity contribution in [3.63, 3.8) is 0 Å². The summed E-state index contributed by atoms with van der Waals surface area (Å²) >= 11 is 6.26. The van der Waals surface area contributed by atoms with E-state index in [0.717, 1.165) is 80.2 Å². The van der Waals surface area contributed by atoms with E-state index >= 15 is 0 Å². The van der Waals surface area contributed by atoms with E-state index in [1.165, 1.54) is 29.7 Å². The highest BCUT2D eigenvalue weighted by atomic mass is 35.5. The fourth-order valence-corrected chi connectivity index (χ4v) is 10.2. The van der Waals surface area contributed by atoms with Gasteiger partial charge in [-0.05, 0) is 90.4 Å². The van der Waals surface area contributed by atoms with E-state index < -0.39 is 37.5 Å². The number of rotatable bonds is 12. The van der Waals surface area contributed by atoms with E-state index in [-0.39, 0.29) is 42.4 Å². The molecule has 2 saturated heterocycles. The van der Waals surface area contributed by atoms with Crippen molar-refractivity contribution in [2.75, 3.05) is 63.9 Å². The average Bonchev–Trinajstić information content (AvgIpc) is 3.94. The fourth-order valence-electron chi connectivity index (χ4n) is 9.06. The van der Waals surface area contributed by atoms with Crippen LogP contribution in [0.25, 0.3) is 33.3 Å². The van der Waals surface area contributed by atoms with E-state index in [1.54, 1.807) is 34.1 Å². The first-order valence-corrected chi connectivity index (χ1v) is 23.7. The molecule has 344 valence electrons. The Morgan fingerprint density at radius 3 is 2.58 bits per heavy atom. The van der Waals surface area contributed by atoms with Gasteiger partial charge < -0.3 is 19.3 Å². The molecule has 2 aliphatic heterocycles. The number of benzene rings is 3. The largest absolute Gasteiger partial charge is 0.484 e. The van der Waals surface area contributed by atoms with Crippen LogP contribution >= 0.6 is 11.6 Å². The predicted octanol–water partition coefficient (Wildman–Crippen LogP) is 6.99. The minimum absolute atomic E-state index is 0.0267. The maximum Gasteiger partial charge on any atom is 0.312 e. The van der Waals surface area contributed by atoms with Crippen molar-refractivity contribution in [2.45, 2.75) is 51.0 Å². The third-order valence-corrected chi connectivity index (χ3v) is 14.3. The van der Waals surface area contributed by atoms with Crippen molar-refractivity contribution in [2.24, 2.45) is 5.41 Å². The Morgan fingerprint density at radius 1 is 1.03 bits per heavy atom. The van der Waals surface area contributed by atoms with Crippen molar-refractivity contribution >= 4 is 72.5 Å². The molecule has 9 rings (SSSR count). The summed E-state index contributed by atoms with van der Waals surface area (Å²) in [6.45, 7) is 10.9. The lowest BCUT2D eigenvalue weighted by atomic mass is 9.72. The van der Waals surface area contributed by atoms with Crippen LogP contribution in [0.1, 0.15) is 56.0 Å². The lowest BCUT2D eigenvalue weighted by Gasteiger charge is -2.39. The van der Waals surface area contributed by atoms with Crippen molar-refractivity contribution in [3.8, 4) is 11.4 Å². The third-order valence-electron chi connectivity index (χ3n) is 12.7. The number of allylic oxidation sites excluding steroid dienone is 1. The molecule has 3 aromatic carbocycles. The molecule has 2 N–H and O–H groups in total. The predicted molar refractivity (Wildman–Crippen MR) is 251 cm³/mol. The number of halogens is 1. The van der Waals surface area contributed by atoms with Crippen LogP contribution in [0.3, 0.4) is 0 Å². The van der Waals surface area contributed by atoms with Crippen LogP contribution in [0, 0.1) is 15.5 Å². The van der Waals surface area contributed by atoms with E-state index in [1.807, 2.05) is 30.3 Å². The van der Waals surface area contributed by atoms with Crippen LogP contribution in [0.15, 0.2) is 95.7 Å². The minimum Gasteiger partial charge on any atom is -0.484 e. The standard InChI is InChI=1S/C47H50ClN9O8S/c1-30(58)55-20-21-64-36(28-55)29-65-44-11-9-37(24-43(44)57(60)61)66(62,63)52-46(59)38-10-8-35(23-41(38)56-42-22-32-13-15-49-45(32)51-40(42)26-50-56)54-18-16-53(17-19-54)27-33-12-14-47(2,3)25-39(33)31-4-6-34(48)7-5-31/h4-11,13,15,22-24,26,36,50H,12,14,16-21,25,27-29H2,1-3H3,(H,52,59)/t36-/m0/s1. The summed E-state index contributed by atoms with van der Waals surface area (Å²) in [5, 5.41) is 16.9. The number of anilines is 1. The molecule has 66 heavy (non-hydrogen) atoms. The number of pyridine rings is 1. The number of carbonyl (C=O) groups is 2. The summed E-state index contributed by atoms with van der Waals surface area (Å²) in [7, 11) is -4.66. The molecule has 0 spiro atoms. The Labute approximate surface area is 386 Å². The van der Waals surface area contributed by atoms with Crippen molar-refractivity contribution in [1.82, 2.24) is 34.3 Å². The Hall–Kier alpha value is -6.34. The molecule has 3 aliphatic rings. The van der Waals surface area contributed by atoms with Gasteiger partial charge in [-0.3, -0.25) is 34.4 Å². The fraction of sp³-hybridized carbons (Fsp3) is 0.362. The minimum atomic E-state index is -4.66. The van der Waals surface area contributed by atoms with Gasteiger partial charge in [0.15, 0.2) is 11.4 Å². The Kier molecular flexibility index (Phi) is 12.3. The number of carbonyl (C=O) groups excluding carboxylic acids is 2. The number of sulfonamides is 1.